The molecule has 1 aromatic heterocycles. The predicted octanol–water partition coefficient (Wildman–Crippen LogP) is 2.61. The van der Waals surface area contributed by atoms with E-state index in [2.05, 4.69) is 9.97 Å². The van der Waals surface area contributed by atoms with Gasteiger partial charge in [-0.3, -0.25) is 9.59 Å². The summed E-state index contributed by atoms with van der Waals surface area (Å²) in [5.74, 6) is 1.28. The molecule has 26 heavy (non-hydrogen) atoms. The minimum atomic E-state index is 0.0203. The highest BCUT2D eigenvalue weighted by molar-refractivity contribution is 5.95. The smallest absolute Gasteiger partial charge is 0.257 e. The highest BCUT2D eigenvalue weighted by Gasteiger charge is 2.32. The molecule has 3 aliphatic rings. The summed E-state index contributed by atoms with van der Waals surface area (Å²) in [4.78, 5) is 37.7. The summed E-state index contributed by atoms with van der Waals surface area (Å²) in [7, 11) is 0. The van der Waals surface area contributed by atoms with Crippen molar-refractivity contribution in [3.63, 3.8) is 0 Å². The molecule has 1 saturated heterocycles. The number of nitrogens with zero attached hydrogens (tertiary/aromatic N) is 4. The molecule has 0 unspecified atom stereocenters. The van der Waals surface area contributed by atoms with Gasteiger partial charge in [0.1, 0.15) is 6.33 Å². The van der Waals surface area contributed by atoms with Gasteiger partial charge in [-0.15, -0.1) is 0 Å². The maximum Gasteiger partial charge on any atom is 0.257 e. The minimum absolute atomic E-state index is 0.0203. The number of rotatable bonds is 4. The number of aromatic nitrogens is 2. The van der Waals surface area contributed by atoms with Crippen LogP contribution in [0, 0.1) is 5.92 Å². The summed E-state index contributed by atoms with van der Waals surface area (Å²) in [6.45, 7) is 2.50. The van der Waals surface area contributed by atoms with Crippen LogP contribution in [0.4, 0.5) is 0 Å². The summed E-state index contributed by atoms with van der Waals surface area (Å²) in [6.07, 6.45) is 12.3. The number of hydrogen-bond donors (Lipinski definition) is 0. The Bertz CT molecular complexity index is 660. The fourth-order valence-corrected chi connectivity index (χ4v) is 4.28. The Labute approximate surface area is 155 Å². The second-order valence-electron chi connectivity index (χ2n) is 7.98. The Morgan fingerprint density at radius 2 is 1.65 bits per heavy atom. The van der Waals surface area contributed by atoms with E-state index in [1.165, 1.54) is 38.4 Å². The Kier molecular flexibility index (Phi) is 5.18. The summed E-state index contributed by atoms with van der Waals surface area (Å²) >= 11 is 0. The molecule has 3 fully saturated rings. The fourth-order valence-electron chi connectivity index (χ4n) is 4.28. The summed E-state index contributed by atoms with van der Waals surface area (Å²) in [5.41, 5.74) is 1.55. The van der Waals surface area contributed by atoms with Crippen molar-refractivity contribution in [2.45, 2.75) is 57.3 Å². The first-order valence-electron chi connectivity index (χ1n) is 10.1. The summed E-state index contributed by atoms with van der Waals surface area (Å²) in [6, 6.07) is 0. The van der Waals surface area contributed by atoms with Crippen LogP contribution < -0.4 is 0 Å². The molecule has 140 valence electrons. The van der Waals surface area contributed by atoms with Gasteiger partial charge in [-0.2, -0.15) is 0 Å². The fraction of sp³-hybridized carbons (Fsp3) is 0.700. The number of hydrogen-bond acceptors (Lipinski definition) is 4. The molecule has 1 aromatic rings. The maximum absolute atomic E-state index is 12.9. The van der Waals surface area contributed by atoms with Crippen LogP contribution >= 0.6 is 0 Å². The lowest BCUT2D eigenvalue weighted by Gasteiger charge is -2.36. The molecule has 0 bridgehead atoms. The lowest BCUT2D eigenvalue weighted by atomic mass is 9.86. The van der Waals surface area contributed by atoms with Crippen molar-refractivity contribution in [2.24, 2.45) is 5.92 Å². The normalized spacial score (nSPS) is 21.7. The molecule has 0 spiro atoms. The van der Waals surface area contributed by atoms with Crippen molar-refractivity contribution in [3.8, 4) is 0 Å². The lowest BCUT2D eigenvalue weighted by molar-refractivity contribution is -0.133. The van der Waals surface area contributed by atoms with E-state index in [0.29, 0.717) is 50.0 Å². The van der Waals surface area contributed by atoms with Gasteiger partial charge in [0.25, 0.3) is 5.91 Å². The van der Waals surface area contributed by atoms with Gasteiger partial charge in [0, 0.05) is 44.7 Å². The molecule has 4 rings (SSSR count). The van der Waals surface area contributed by atoms with Crippen LogP contribution in [0.25, 0.3) is 0 Å². The Morgan fingerprint density at radius 1 is 0.962 bits per heavy atom. The van der Waals surface area contributed by atoms with Crippen molar-refractivity contribution in [1.82, 2.24) is 19.8 Å². The van der Waals surface area contributed by atoms with E-state index in [0.717, 1.165) is 18.5 Å². The van der Waals surface area contributed by atoms with Gasteiger partial charge in [0.05, 0.1) is 11.3 Å². The Hall–Kier alpha value is -1.98. The maximum atomic E-state index is 12.9. The topological polar surface area (TPSA) is 66.4 Å². The monoisotopic (exact) mass is 356 g/mol. The second-order valence-corrected chi connectivity index (χ2v) is 7.98. The van der Waals surface area contributed by atoms with Crippen LogP contribution in [0.1, 0.15) is 73.3 Å². The number of carbonyl (C=O) groups excluding carboxylic acids is 2. The highest BCUT2D eigenvalue weighted by Crippen LogP contribution is 2.40. The second kappa shape index (κ2) is 7.72. The van der Waals surface area contributed by atoms with Crippen LogP contribution in [0.3, 0.4) is 0 Å². The van der Waals surface area contributed by atoms with E-state index in [1.54, 1.807) is 6.20 Å². The third kappa shape index (κ3) is 3.89. The zero-order valence-electron chi connectivity index (χ0n) is 15.4. The molecule has 0 radical (unpaired) electrons. The van der Waals surface area contributed by atoms with E-state index in [4.69, 9.17) is 0 Å². The highest BCUT2D eigenvalue weighted by atomic mass is 16.2. The van der Waals surface area contributed by atoms with E-state index in [9.17, 15) is 9.59 Å². The van der Waals surface area contributed by atoms with Gasteiger partial charge in [-0.05, 0) is 31.6 Å². The third-order valence-corrected chi connectivity index (χ3v) is 6.05. The van der Waals surface area contributed by atoms with Crippen molar-refractivity contribution in [3.05, 3.63) is 23.8 Å². The lowest BCUT2D eigenvalue weighted by Crippen LogP contribution is -2.51. The standard InChI is InChI=1S/C20H28N4O2/c25-18(12-15-4-2-1-3-5-15)23-8-10-24(11-9-23)20(26)17-13-21-14-22-19(17)16-6-7-16/h13-16H,1-12H2. The average molecular weight is 356 g/mol. The van der Waals surface area contributed by atoms with Gasteiger partial charge in [0.15, 0.2) is 0 Å². The van der Waals surface area contributed by atoms with Crippen LogP contribution in [-0.2, 0) is 4.79 Å². The van der Waals surface area contributed by atoms with E-state index in [-0.39, 0.29) is 11.8 Å². The summed E-state index contributed by atoms with van der Waals surface area (Å²) < 4.78 is 0. The molecule has 6 heteroatoms. The first-order chi connectivity index (χ1) is 12.7. The zero-order chi connectivity index (χ0) is 17.9. The molecule has 2 amide bonds. The molecule has 0 aromatic carbocycles. The molecular formula is C20H28N4O2. The largest absolute Gasteiger partial charge is 0.339 e. The van der Waals surface area contributed by atoms with Gasteiger partial charge in [0.2, 0.25) is 5.91 Å². The van der Waals surface area contributed by atoms with Gasteiger partial charge in [-0.1, -0.05) is 19.3 Å². The molecule has 2 aliphatic carbocycles. The average Bonchev–Trinajstić information content (AvgIpc) is 3.53. The number of piperazine rings is 1. The van der Waals surface area contributed by atoms with Crippen molar-refractivity contribution < 1.29 is 9.59 Å². The molecule has 0 N–H and O–H groups in total. The Balaban J connectivity index is 1.32. The summed E-state index contributed by atoms with van der Waals surface area (Å²) in [5, 5.41) is 0. The molecule has 2 saturated carbocycles. The molecule has 0 atom stereocenters. The van der Waals surface area contributed by atoms with Crippen molar-refractivity contribution in [2.75, 3.05) is 26.2 Å². The zero-order valence-corrected chi connectivity index (χ0v) is 15.4. The van der Waals surface area contributed by atoms with Crippen LogP contribution in [0.2, 0.25) is 0 Å². The molecule has 1 aliphatic heterocycles. The third-order valence-electron chi connectivity index (χ3n) is 6.05. The van der Waals surface area contributed by atoms with Crippen molar-refractivity contribution >= 4 is 11.8 Å². The molecule has 6 nitrogen and oxygen atoms in total. The molecule has 2 heterocycles. The SMILES string of the molecule is O=C(CC1CCCCC1)N1CCN(C(=O)c2cncnc2C2CC2)CC1. The van der Waals surface area contributed by atoms with Gasteiger partial charge < -0.3 is 9.80 Å². The van der Waals surface area contributed by atoms with E-state index in [1.807, 2.05) is 9.80 Å². The quantitative estimate of drug-likeness (QED) is 0.832. The van der Waals surface area contributed by atoms with Crippen LogP contribution in [0.15, 0.2) is 12.5 Å². The van der Waals surface area contributed by atoms with Crippen LogP contribution in [-0.4, -0.2) is 57.8 Å². The van der Waals surface area contributed by atoms with E-state index < -0.39 is 0 Å². The van der Waals surface area contributed by atoms with Crippen molar-refractivity contribution in [1.29, 1.82) is 0 Å². The van der Waals surface area contributed by atoms with Gasteiger partial charge >= 0.3 is 0 Å². The van der Waals surface area contributed by atoms with E-state index >= 15 is 0 Å². The minimum Gasteiger partial charge on any atom is -0.339 e. The van der Waals surface area contributed by atoms with Gasteiger partial charge in [-0.25, -0.2) is 9.97 Å². The number of amides is 2. The first-order valence-corrected chi connectivity index (χ1v) is 10.1. The van der Waals surface area contributed by atoms with Crippen LogP contribution in [0.5, 0.6) is 0 Å². The number of carbonyl (C=O) groups is 2. The Morgan fingerprint density at radius 3 is 2.35 bits per heavy atom. The first kappa shape index (κ1) is 17.4. The molecular weight excluding hydrogens is 328 g/mol. The predicted molar refractivity (Wildman–Crippen MR) is 97.7 cm³/mol.